The van der Waals surface area contributed by atoms with Gasteiger partial charge in [0.05, 0.1) is 17.2 Å². The first kappa shape index (κ1) is 14.4. The van der Waals surface area contributed by atoms with E-state index in [1.165, 1.54) is 18.2 Å². The summed E-state index contributed by atoms with van der Waals surface area (Å²) in [5.41, 5.74) is 3.59. The molecular formula is C12H8F3N5O. The van der Waals surface area contributed by atoms with Crippen LogP contribution in [0.3, 0.4) is 0 Å². The number of carbonyl (C=O) groups excluding carboxylic acids is 1. The Kier molecular flexibility index (Phi) is 3.54. The molecule has 0 radical (unpaired) electrons. The Morgan fingerprint density at radius 1 is 1.38 bits per heavy atom. The second-order valence-electron chi connectivity index (χ2n) is 4.03. The van der Waals surface area contributed by atoms with Crippen molar-refractivity contribution in [1.29, 1.82) is 5.26 Å². The zero-order chi connectivity index (χ0) is 15.6. The van der Waals surface area contributed by atoms with E-state index in [0.717, 1.165) is 6.07 Å². The number of aromatic amines is 1. The summed E-state index contributed by atoms with van der Waals surface area (Å²) in [6, 6.07) is 5.57. The van der Waals surface area contributed by atoms with E-state index in [-0.39, 0.29) is 17.2 Å². The molecule has 4 N–H and O–H groups in total. The third-order valence-corrected chi connectivity index (χ3v) is 2.55. The Morgan fingerprint density at radius 2 is 2.10 bits per heavy atom. The highest BCUT2D eigenvalue weighted by molar-refractivity contribution is 6.03. The molecule has 0 bridgehead atoms. The highest BCUT2D eigenvalue weighted by Gasteiger charge is 2.34. The van der Waals surface area contributed by atoms with Gasteiger partial charge in [-0.1, -0.05) is 0 Å². The quantitative estimate of drug-likeness (QED) is 0.788. The second kappa shape index (κ2) is 5.16. The molecule has 0 aliphatic rings. The predicted octanol–water partition coefficient (Wildman–Crippen LogP) is 2.13. The SMILES string of the molecule is N#Cc1ccc(NC(=O)c2cc(N)n[nH]2)cc1C(F)(F)F. The van der Waals surface area contributed by atoms with Crippen molar-refractivity contribution >= 4 is 17.4 Å². The monoisotopic (exact) mass is 295 g/mol. The van der Waals surface area contributed by atoms with Gasteiger partial charge < -0.3 is 11.1 Å². The third kappa shape index (κ3) is 3.11. The number of amides is 1. The molecule has 1 heterocycles. The van der Waals surface area contributed by atoms with E-state index in [1.54, 1.807) is 0 Å². The van der Waals surface area contributed by atoms with E-state index in [0.29, 0.717) is 6.07 Å². The van der Waals surface area contributed by atoms with Crippen molar-refractivity contribution in [1.82, 2.24) is 10.2 Å². The number of nitrogens with zero attached hydrogens (tertiary/aromatic N) is 2. The van der Waals surface area contributed by atoms with Crippen molar-refractivity contribution in [3.05, 3.63) is 41.1 Å². The van der Waals surface area contributed by atoms with Crippen molar-refractivity contribution in [2.24, 2.45) is 0 Å². The van der Waals surface area contributed by atoms with Crippen LogP contribution in [0.4, 0.5) is 24.7 Å². The van der Waals surface area contributed by atoms with E-state index >= 15 is 0 Å². The van der Waals surface area contributed by atoms with E-state index in [9.17, 15) is 18.0 Å². The molecule has 1 aromatic heterocycles. The van der Waals surface area contributed by atoms with Crippen LogP contribution in [0.25, 0.3) is 0 Å². The molecule has 0 saturated carbocycles. The number of nitrogens with one attached hydrogen (secondary N) is 2. The van der Waals surface area contributed by atoms with Crippen LogP contribution in [0.1, 0.15) is 21.6 Å². The lowest BCUT2D eigenvalue weighted by Crippen LogP contribution is -2.14. The first-order valence-corrected chi connectivity index (χ1v) is 5.55. The van der Waals surface area contributed by atoms with E-state index < -0.39 is 23.2 Å². The van der Waals surface area contributed by atoms with Gasteiger partial charge in [-0.15, -0.1) is 0 Å². The zero-order valence-electron chi connectivity index (χ0n) is 10.3. The molecule has 0 fully saturated rings. The summed E-state index contributed by atoms with van der Waals surface area (Å²) < 4.78 is 38.3. The Labute approximate surface area is 116 Å². The molecule has 0 spiro atoms. The Bertz CT molecular complexity index is 729. The number of nitrogens with two attached hydrogens (primary N) is 1. The van der Waals surface area contributed by atoms with Gasteiger partial charge >= 0.3 is 6.18 Å². The van der Waals surface area contributed by atoms with Crippen LogP contribution in [-0.2, 0) is 6.18 Å². The van der Waals surface area contributed by atoms with Gasteiger partial charge in [0.1, 0.15) is 11.5 Å². The van der Waals surface area contributed by atoms with Gasteiger partial charge in [0.15, 0.2) is 0 Å². The summed E-state index contributed by atoms with van der Waals surface area (Å²) in [5.74, 6) is -0.618. The molecule has 21 heavy (non-hydrogen) atoms. The number of nitrogen functional groups attached to an aromatic ring is 1. The molecule has 1 aromatic carbocycles. The molecule has 108 valence electrons. The van der Waals surface area contributed by atoms with Crippen LogP contribution in [0, 0.1) is 11.3 Å². The summed E-state index contributed by atoms with van der Waals surface area (Å²) in [5, 5.41) is 16.8. The fourth-order valence-electron chi connectivity index (χ4n) is 1.61. The van der Waals surface area contributed by atoms with Crippen LogP contribution in [0.5, 0.6) is 0 Å². The van der Waals surface area contributed by atoms with Crippen LogP contribution >= 0.6 is 0 Å². The molecule has 9 heteroatoms. The van der Waals surface area contributed by atoms with E-state index in [4.69, 9.17) is 11.0 Å². The molecule has 2 rings (SSSR count). The van der Waals surface area contributed by atoms with Gasteiger partial charge in [-0.3, -0.25) is 9.89 Å². The molecule has 0 saturated heterocycles. The number of aromatic nitrogens is 2. The second-order valence-corrected chi connectivity index (χ2v) is 4.03. The topological polar surface area (TPSA) is 108 Å². The summed E-state index contributed by atoms with van der Waals surface area (Å²) in [6.45, 7) is 0. The molecule has 2 aromatic rings. The molecular weight excluding hydrogens is 287 g/mol. The fraction of sp³-hybridized carbons (Fsp3) is 0.0833. The van der Waals surface area contributed by atoms with Gasteiger partial charge in [0, 0.05) is 11.8 Å². The molecule has 0 aliphatic heterocycles. The van der Waals surface area contributed by atoms with Crippen LogP contribution in [0.2, 0.25) is 0 Å². The van der Waals surface area contributed by atoms with Gasteiger partial charge in [-0.05, 0) is 18.2 Å². The number of nitriles is 1. The summed E-state index contributed by atoms with van der Waals surface area (Å²) >= 11 is 0. The molecule has 0 unspecified atom stereocenters. The van der Waals surface area contributed by atoms with Crippen molar-refractivity contribution < 1.29 is 18.0 Å². The van der Waals surface area contributed by atoms with Crippen molar-refractivity contribution in [3.63, 3.8) is 0 Å². The number of halogens is 3. The molecule has 1 amide bonds. The Balaban J connectivity index is 2.30. The summed E-state index contributed by atoms with van der Waals surface area (Å²) in [7, 11) is 0. The van der Waals surface area contributed by atoms with Crippen molar-refractivity contribution in [3.8, 4) is 6.07 Å². The zero-order valence-corrected chi connectivity index (χ0v) is 10.3. The smallest absolute Gasteiger partial charge is 0.382 e. The van der Waals surface area contributed by atoms with Gasteiger partial charge in [0.2, 0.25) is 0 Å². The Morgan fingerprint density at radius 3 is 2.62 bits per heavy atom. The van der Waals surface area contributed by atoms with Crippen LogP contribution in [-0.4, -0.2) is 16.1 Å². The predicted molar refractivity (Wildman–Crippen MR) is 67.1 cm³/mol. The van der Waals surface area contributed by atoms with Gasteiger partial charge in [0.25, 0.3) is 5.91 Å². The average molecular weight is 295 g/mol. The third-order valence-electron chi connectivity index (χ3n) is 2.55. The number of hydrogen-bond acceptors (Lipinski definition) is 4. The molecule has 0 atom stereocenters. The fourth-order valence-corrected chi connectivity index (χ4v) is 1.61. The van der Waals surface area contributed by atoms with Gasteiger partial charge in [-0.25, -0.2) is 0 Å². The van der Waals surface area contributed by atoms with E-state index in [2.05, 4.69) is 15.5 Å². The first-order chi connectivity index (χ1) is 9.81. The largest absolute Gasteiger partial charge is 0.417 e. The number of benzene rings is 1. The highest BCUT2D eigenvalue weighted by atomic mass is 19.4. The number of rotatable bonds is 2. The number of alkyl halides is 3. The minimum absolute atomic E-state index is 0.00502. The minimum Gasteiger partial charge on any atom is -0.382 e. The van der Waals surface area contributed by atoms with Crippen LogP contribution < -0.4 is 11.1 Å². The molecule has 0 aliphatic carbocycles. The maximum atomic E-state index is 12.8. The maximum Gasteiger partial charge on any atom is 0.417 e. The normalized spacial score (nSPS) is 11.0. The first-order valence-electron chi connectivity index (χ1n) is 5.55. The van der Waals surface area contributed by atoms with Crippen molar-refractivity contribution in [2.45, 2.75) is 6.18 Å². The van der Waals surface area contributed by atoms with Crippen LogP contribution in [0.15, 0.2) is 24.3 Å². The lowest BCUT2D eigenvalue weighted by Gasteiger charge is -2.11. The lowest BCUT2D eigenvalue weighted by molar-refractivity contribution is -0.137. The number of hydrogen-bond donors (Lipinski definition) is 3. The lowest BCUT2D eigenvalue weighted by atomic mass is 10.1. The van der Waals surface area contributed by atoms with Crippen molar-refractivity contribution in [2.75, 3.05) is 11.1 Å². The van der Waals surface area contributed by atoms with E-state index in [1.807, 2.05) is 0 Å². The van der Waals surface area contributed by atoms with Gasteiger partial charge in [-0.2, -0.15) is 23.5 Å². The maximum absolute atomic E-state index is 12.8. The number of H-pyrrole nitrogens is 1. The highest BCUT2D eigenvalue weighted by Crippen LogP contribution is 2.33. The summed E-state index contributed by atoms with van der Waals surface area (Å²) in [6.07, 6.45) is -4.69. The standard InChI is InChI=1S/C12H8F3N5O/c13-12(14,15)8-3-7(2-1-6(8)5-16)18-11(21)9-4-10(17)20-19-9/h1-4H,(H,18,21)(H3,17,19,20). The average Bonchev–Trinajstić information content (AvgIpc) is 2.84. The number of carbonyl (C=O) groups is 1. The molecule has 6 nitrogen and oxygen atoms in total. The summed E-state index contributed by atoms with van der Waals surface area (Å²) in [4.78, 5) is 11.8. The minimum atomic E-state index is -4.69. The number of anilines is 2. The Hall–Kier alpha value is -3.02.